The first kappa shape index (κ1) is 32.4. The molecule has 0 fully saturated rings. The highest BCUT2D eigenvalue weighted by Gasteiger charge is 2.33. The molecule has 0 saturated carbocycles. The van der Waals surface area contributed by atoms with Crippen LogP contribution >= 0.6 is 27.5 Å². The molecule has 0 aliphatic carbocycles. The van der Waals surface area contributed by atoms with Gasteiger partial charge in [-0.1, -0.05) is 39.7 Å². The van der Waals surface area contributed by atoms with Crippen LogP contribution in [0.5, 0.6) is 5.75 Å². The minimum atomic E-state index is -4.20. The van der Waals surface area contributed by atoms with E-state index in [-0.39, 0.29) is 23.0 Å². The Hall–Kier alpha value is -3.08. The molecule has 0 saturated heterocycles. The van der Waals surface area contributed by atoms with Crippen molar-refractivity contribution >= 4 is 55.1 Å². The van der Waals surface area contributed by atoms with Crippen LogP contribution < -0.4 is 14.4 Å². The van der Waals surface area contributed by atoms with Crippen molar-refractivity contribution in [3.8, 4) is 5.75 Å². The predicted molar refractivity (Wildman–Crippen MR) is 166 cm³/mol. The summed E-state index contributed by atoms with van der Waals surface area (Å²) >= 11 is 9.42. The van der Waals surface area contributed by atoms with Gasteiger partial charge in [0.2, 0.25) is 11.8 Å². The second-order valence-electron chi connectivity index (χ2n) is 10.5. The predicted octanol–water partition coefficient (Wildman–Crippen LogP) is 6.03. The molecule has 220 valence electrons. The molecule has 0 aliphatic rings. The fourth-order valence-corrected chi connectivity index (χ4v) is 5.79. The molecule has 8 nitrogen and oxygen atoms in total. The normalized spacial score (nSPS) is 12.4. The Morgan fingerprint density at radius 3 is 2.10 bits per heavy atom. The number of hydrogen-bond acceptors (Lipinski definition) is 5. The summed E-state index contributed by atoms with van der Waals surface area (Å²) in [5.41, 5.74) is 0.529. The van der Waals surface area contributed by atoms with Crippen LogP contribution in [0, 0.1) is 0 Å². The molecule has 0 radical (unpaired) electrons. The molecule has 3 aromatic carbocycles. The van der Waals surface area contributed by atoms with Crippen molar-refractivity contribution in [3.05, 3.63) is 87.9 Å². The molecule has 3 aromatic rings. The molecule has 0 aromatic heterocycles. The Balaban J connectivity index is 2.03. The molecule has 0 spiro atoms. The van der Waals surface area contributed by atoms with E-state index >= 15 is 0 Å². The van der Waals surface area contributed by atoms with Crippen LogP contribution in [0.2, 0.25) is 5.02 Å². The third-order valence-corrected chi connectivity index (χ3v) is 8.62. The zero-order valence-corrected chi connectivity index (χ0v) is 26.9. The number of carbonyl (C=O) groups is 2. The molecular weight excluding hydrogens is 630 g/mol. The van der Waals surface area contributed by atoms with Crippen molar-refractivity contribution in [2.24, 2.45) is 0 Å². The van der Waals surface area contributed by atoms with Crippen molar-refractivity contribution < 1.29 is 22.7 Å². The zero-order valence-electron chi connectivity index (χ0n) is 23.7. The van der Waals surface area contributed by atoms with Gasteiger partial charge in [-0.3, -0.25) is 13.9 Å². The average Bonchev–Trinajstić information content (AvgIpc) is 2.91. The Morgan fingerprint density at radius 1 is 0.976 bits per heavy atom. The maximum absolute atomic E-state index is 14.0. The number of nitrogens with zero attached hydrogens (tertiary/aromatic N) is 2. The quantitative estimate of drug-likeness (QED) is 0.270. The van der Waals surface area contributed by atoms with Crippen molar-refractivity contribution in [1.82, 2.24) is 10.2 Å². The summed E-state index contributed by atoms with van der Waals surface area (Å²) in [4.78, 5) is 28.5. The van der Waals surface area contributed by atoms with Gasteiger partial charge < -0.3 is 15.0 Å². The second-order valence-corrected chi connectivity index (χ2v) is 13.7. The highest BCUT2D eigenvalue weighted by Crippen LogP contribution is 2.27. The van der Waals surface area contributed by atoms with Crippen LogP contribution in [0.1, 0.15) is 40.2 Å². The van der Waals surface area contributed by atoms with Crippen LogP contribution in [0.25, 0.3) is 0 Å². The van der Waals surface area contributed by atoms with E-state index < -0.39 is 34.1 Å². The fraction of sp³-hybridized carbons (Fsp3) is 0.333. The van der Waals surface area contributed by atoms with Gasteiger partial charge in [-0.25, -0.2) is 8.42 Å². The summed E-state index contributed by atoms with van der Waals surface area (Å²) in [7, 11) is -4.20. The minimum absolute atomic E-state index is 0.0263. The Kier molecular flexibility index (Phi) is 10.9. The molecule has 11 heteroatoms. The lowest BCUT2D eigenvalue weighted by atomic mass is 10.1. The molecular formula is C30H35BrClN3O5S. The van der Waals surface area contributed by atoms with E-state index in [4.69, 9.17) is 16.3 Å². The number of nitrogens with one attached hydrogen (secondary N) is 1. The van der Waals surface area contributed by atoms with E-state index in [2.05, 4.69) is 21.2 Å². The van der Waals surface area contributed by atoms with Crippen molar-refractivity contribution in [3.63, 3.8) is 0 Å². The molecule has 1 atom stereocenters. The van der Waals surface area contributed by atoms with E-state index in [1.165, 1.54) is 29.2 Å². The molecule has 0 bridgehead atoms. The summed E-state index contributed by atoms with van der Waals surface area (Å²) in [6.07, 6.45) is 0. The number of ether oxygens (including phenoxy) is 1. The van der Waals surface area contributed by atoms with E-state index in [1.807, 2.05) is 52.0 Å². The number of benzene rings is 3. The lowest BCUT2D eigenvalue weighted by Gasteiger charge is -2.33. The highest BCUT2D eigenvalue weighted by molar-refractivity contribution is 9.10. The van der Waals surface area contributed by atoms with Crippen LogP contribution in [-0.4, -0.2) is 49.9 Å². The Bertz CT molecular complexity index is 1440. The molecule has 0 aliphatic heterocycles. The number of anilines is 1. The monoisotopic (exact) mass is 663 g/mol. The Labute approximate surface area is 255 Å². The third kappa shape index (κ3) is 8.95. The smallest absolute Gasteiger partial charge is 0.264 e. The maximum Gasteiger partial charge on any atom is 0.264 e. The topological polar surface area (TPSA) is 96.0 Å². The summed E-state index contributed by atoms with van der Waals surface area (Å²) < 4.78 is 35.2. The fourth-order valence-electron chi connectivity index (χ4n) is 3.98. The maximum atomic E-state index is 14.0. The summed E-state index contributed by atoms with van der Waals surface area (Å²) in [6.45, 7) is 9.05. The first-order valence-electron chi connectivity index (χ1n) is 13.1. The Morgan fingerprint density at radius 2 is 1.56 bits per heavy atom. The van der Waals surface area contributed by atoms with Gasteiger partial charge >= 0.3 is 0 Å². The van der Waals surface area contributed by atoms with Crippen molar-refractivity contribution in [2.45, 2.75) is 57.6 Å². The van der Waals surface area contributed by atoms with Crippen LogP contribution in [-0.2, 0) is 26.2 Å². The standard InChI is InChI=1S/C30H35BrClN3O5S/c1-6-40-26-15-13-25(14-16-26)35(41(38,39)27-17-11-24(32)12-18-27)20-28(36)34(19-22-7-9-23(31)10-8-22)21(2)29(37)33-30(3,4)5/h7-18,21H,6,19-20H2,1-5H3,(H,33,37)/t21-/m0/s1. The zero-order chi connectivity index (χ0) is 30.4. The first-order valence-corrected chi connectivity index (χ1v) is 15.7. The van der Waals surface area contributed by atoms with Gasteiger partial charge in [-0.05, 0) is 101 Å². The van der Waals surface area contributed by atoms with Crippen LogP contribution in [0.3, 0.4) is 0 Å². The second kappa shape index (κ2) is 13.7. The SMILES string of the molecule is CCOc1ccc(N(CC(=O)N(Cc2ccc(Br)cc2)[C@@H](C)C(=O)NC(C)(C)C)S(=O)(=O)c2ccc(Cl)cc2)cc1. The number of hydrogen-bond donors (Lipinski definition) is 1. The number of halogens is 2. The highest BCUT2D eigenvalue weighted by atomic mass is 79.9. The molecule has 0 unspecified atom stereocenters. The summed E-state index contributed by atoms with van der Waals surface area (Å²) in [5, 5.41) is 3.30. The molecule has 1 N–H and O–H groups in total. The minimum Gasteiger partial charge on any atom is -0.494 e. The molecule has 0 heterocycles. The van der Waals surface area contributed by atoms with E-state index in [0.717, 1.165) is 14.3 Å². The van der Waals surface area contributed by atoms with Gasteiger partial charge in [0.05, 0.1) is 17.2 Å². The van der Waals surface area contributed by atoms with Gasteiger partial charge in [0.1, 0.15) is 18.3 Å². The number of rotatable bonds is 11. The van der Waals surface area contributed by atoms with Gasteiger partial charge in [0.15, 0.2) is 0 Å². The van der Waals surface area contributed by atoms with Crippen molar-refractivity contribution in [2.75, 3.05) is 17.5 Å². The summed E-state index contributed by atoms with van der Waals surface area (Å²) in [5.74, 6) is -0.331. The van der Waals surface area contributed by atoms with Gasteiger partial charge in [0, 0.05) is 21.6 Å². The summed E-state index contributed by atoms with van der Waals surface area (Å²) in [6, 6.07) is 18.7. The molecule has 3 rings (SSSR count). The molecule has 41 heavy (non-hydrogen) atoms. The lowest BCUT2D eigenvalue weighted by Crippen LogP contribution is -2.54. The first-order chi connectivity index (χ1) is 19.2. The molecule has 2 amide bonds. The number of sulfonamides is 1. The van der Waals surface area contributed by atoms with Gasteiger partial charge in [0.25, 0.3) is 10.0 Å². The van der Waals surface area contributed by atoms with Gasteiger partial charge in [-0.2, -0.15) is 0 Å². The van der Waals surface area contributed by atoms with Crippen molar-refractivity contribution in [1.29, 1.82) is 0 Å². The third-order valence-electron chi connectivity index (χ3n) is 6.05. The van der Waals surface area contributed by atoms with E-state index in [9.17, 15) is 18.0 Å². The van der Waals surface area contributed by atoms with Gasteiger partial charge in [-0.15, -0.1) is 0 Å². The average molecular weight is 665 g/mol. The van der Waals surface area contributed by atoms with E-state index in [0.29, 0.717) is 17.4 Å². The van der Waals surface area contributed by atoms with Crippen LogP contribution in [0.15, 0.2) is 82.2 Å². The van der Waals surface area contributed by atoms with Crippen LogP contribution in [0.4, 0.5) is 5.69 Å². The van der Waals surface area contributed by atoms with E-state index in [1.54, 1.807) is 31.2 Å². The largest absolute Gasteiger partial charge is 0.494 e. The lowest BCUT2D eigenvalue weighted by molar-refractivity contribution is -0.140. The number of amides is 2. The number of carbonyl (C=O) groups excluding carboxylic acids is 2.